The monoisotopic (exact) mass is 389 g/mol. The Labute approximate surface area is 161 Å². The fraction of sp³-hybridized carbons (Fsp3) is 0.368. The molecule has 1 atom stereocenters. The summed E-state index contributed by atoms with van der Waals surface area (Å²) >= 11 is 1.10. The lowest BCUT2D eigenvalue weighted by Crippen LogP contribution is -2.17. The zero-order chi connectivity index (χ0) is 19.8. The number of ether oxygens (including phenoxy) is 1. The predicted octanol–water partition coefficient (Wildman–Crippen LogP) is 2.73. The molecule has 0 saturated carbocycles. The van der Waals surface area contributed by atoms with Crippen molar-refractivity contribution in [3.63, 3.8) is 0 Å². The molecular weight excluding hydrogens is 366 g/mol. The van der Waals surface area contributed by atoms with Crippen molar-refractivity contribution in [2.45, 2.75) is 37.8 Å². The number of carbonyl (C=O) groups is 2. The van der Waals surface area contributed by atoms with Crippen LogP contribution in [-0.2, 0) is 20.7 Å². The minimum Gasteiger partial charge on any atom is -0.469 e. The highest BCUT2D eigenvalue weighted by molar-refractivity contribution is 7.99. The van der Waals surface area contributed by atoms with Crippen molar-refractivity contribution < 1.29 is 14.3 Å². The first-order valence-electron chi connectivity index (χ1n) is 8.61. The molecule has 1 amide bonds. The van der Waals surface area contributed by atoms with Crippen LogP contribution in [0, 0.1) is 0 Å². The first-order valence-corrected chi connectivity index (χ1v) is 9.60. The lowest BCUT2D eigenvalue weighted by atomic mass is 9.97. The van der Waals surface area contributed by atoms with Gasteiger partial charge in [-0.3, -0.25) is 14.4 Å². The number of anilines is 1. The van der Waals surface area contributed by atoms with E-state index >= 15 is 0 Å². The second-order valence-electron chi connectivity index (χ2n) is 6.03. The fourth-order valence-electron chi connectivity index (χ4n) is 2.44. The number of thioether (sulfide) groups is 1. The van der Waals surface area contributed by atoms with Gasteiger partial charge in [0.1, 0.15) is 0 Å². The molecule has 1 heterocycles. The molecule has 27 heavy (non-hydrogen) atoms. The minimum absolute atomic E-state index is 0.0828. The molecule has 0 aliphatic heterocycles. The summed E-state index contributed by atoms with van der Waals surface area (Å²) in [6.07, 6.45) is 0.877. The third-order valence-electron chi connectivity index (χ3n) is 4.04. The summed E-state index contributed by atoms with van der Waals surface area (Å²) in [5.41, 5.74) is 1.80. The number of benzene rings is 1. The van der Waals surface area contributed by atoms with Crippen molar-refractivity contribution in [2.75, 3.05) is 18.2 Å². The van der Waals surface area contributed by atoms with Crippen molar-refractivity contribution in [3.05, 3.63) is 51.9 Å². The number of para-hydroxylation sites is 1. The van der Waals surface area contributed by atoms with Crippen LogP contribution in [-0.4, -0.2) is 34.7 Å². The van der Waals surface area contributed by atoms with Crippen LogP contribution < -0.4 is 10.9 Å². The van der Waals surface area contributed by atoms with Gasteiger partial charge in [0.05, 0.1) is 25.0 Å². The van der Waals surface area contributed by atoms with Crippen LogP contribution in [0.1, 0.15) is 37.4 Å². The van der Waals surface area contributed by atoms with Gasteiger partial charge in [-0.05, 0) is 24.0 Å². The average Bonchev–Trinajstić information content (AvgIpc) is 2.65. The second-order valence-corrected chi connectivity index (χ2v) is 6.99. The molecule has 0 spiro atoms. The van der Waals surface area contributed by atoms with Crippen molar-refractivity contribution in [1.82, 2.24) is 9.97 Å². The van der Waals surface area contributed by atoms with Gasteiger partial charge in [-0.25, -0.2) is 4.98 Å². The van der Waals surface area contributed by atoms with Crippen LogP contribution in [0.4, 0.5) is 5.69 Å². The number of nitrogens with one attached hydrogen (secondary N) is 2. The number of nitrogens with zero attached hydrogens (tertiary/aromatic N) is 1. The number of esters is 1. The summed E-state index contributed by atoms with van der Waals surface area (Å²) in [7, 11) is 1.27. The van der Waals surface area contributed by atoms with E-state index in [-0.39, 0.29) is 28.8 Å². The van der Waals surface area contributed by atoms with Crippen molar-refractivity contribution >= 4 is 29.3 Å². The SMILES string of the molecule is CC[C@@H](C)c1ccccc1NC(=O)CSc1nc(CC(=O)OC)cc(=O)[nH]1. The molecule has 7 nitrogen and oxygen atoms in total. The van der Waals surface area contributed by atoms with E-state index in [1.807, 2.05) is 24.3 Å². The Morgan fingerprint density at radius 2 is 2.07 bits per heavy atom. The van der Waals surface area contributed by atoms with Crippen LogP contribution in [0.5, 0.6) is 0 Å². The molecule has 0 unspecified atom stereocenters. The Bertz CT molecular complexity index is 866. The van der Waals surface area contributed by atoms with Gasteiger partial charge in [0.25, 0.3) is 5.56 Å². The molecular formula is C19H23N3O4S. The Hall–Kier alpha value is -2.61. The normalized spacial score (nSPS) is 11.7. The molecule has 2 rings (SSSR count). The van der Waals surface area contributed by atoms with Crippen molar-refractivity contribution in [2.24, 2.45) is 0 Å². The summed E-state index contributed by atoms with van der Waals surface area (Å²) < 4.78 is 4.58. The van der Waals surface area contributed by atoms with Gasteiger partial charge in [0, 0.05) is 11.8 Å². The van der Waals surface area contributed by atoms with Gasteiger partial charge >= 0.3 is 5.97 Å². The van der Waals surface area contributed by atoms with Crippen LogP contribution in [0.25, 0.3) is 0 Å². The number of methoxy groups -OCH3 is 1. The lowest BCUT2D eigenvalue weighted by Gasteiger charge is -2.15. The maximum Gasteiger partial charge on any atom is 0.311 e. The molecule has 0 bridgehead atoms. The predicted molar refractivity (Wildman–Crippen MR) is 105 cm³/mol. The number of aromatic amines is 1. The minimum atomic E-state index is -0.483. The average molecular weight is 389 g/mol. The Balaban J connectivity index is 2.02. The number of hydrogen-bond donors (Lipinski definition) is 2. The fourth-order valence-corrected chi connectivity index (χ4v) is 3.14. The van der Waals surface area contributed by atoms with E-state index in [1.165, 1.54) is 13.2 Å². The second kappa shape index (κ2) is 9.91. The van der Waals surface area contributed by atoms with Gasteiger partial charge in [-0.2, -0.15) is 0 Å². The maximum absolute atomic E-state index is 12.3. The molecule has 1 aromatic carbocycles. The number of amides is 1. The summed E-state index contributed by atoms with van der Waals surface area (Å²) in [6, 6.07) is 8.95. The Kier molecular flexibility index (Phi) is 7.60. The van der Waals surface area contributed by atoms with Crippen LogP contribution >= 0.6 is 11.8 Å². The zero-order valence-corrected chi connectivity index (χ0v) is 16.4. The maximum atomic E-state index is 12.3. The topological polar surface area (TPSA) is 101 Å². The largest absolute Gasteiger partial charge is 0.469 e. The molecule has 8 heteroatoms. The highest BCUT2D eigenvalue weighted by Crippen LogP contribution is 2.26. The van der Waals surface area contributed by atoms with E-state index in [4.69, 9.17) is 0 Å². The van der Waals surface area contributed by atoms with Crippen LogP contribution in [0.15, 0.2) is 40.3 Å². The van der Waals surface area contributed by atoms with Crippen LogP contribution in [0.3, 0.4) is 0 Å². The van der Waals surface area contributed by atoms with E-state index in [0.717, 1.165) is 29.4 Å². The molecule has 144 valence electrons. The van der Waals surface area contributed by atoms with E-state index in [0.29, 0.717) is 11.6 Å². The van der Waals surface area contributed by atoms with Gasteiger partial charge in [0.15, 0.2) is 5.16 Å². The molecule has 0 aliphatic rings. The Morgan fingerprint density at radius 1 is 1.33 bits per heavy atom. The lowest BCUT2D eigenvalue weighted by molar-refractivity contribution is -0.139. The number of aromatic nitrogens is 2. The standard InChI is InChI=1S/C19H23N3O4S/c1-4-12(2)14-7-5-6-8-15(14)21-17(24)11-27-19-20-13(9-16(23)22-19)10-18(25)26-3/h5-9,12H,4,10-11H2,1-3H3,(H,21,24)(H,20,22,23)/t12-/m1/s1. The molecule has 1 aromatic heterocycles. The molecule has 2 aromatic rings. The van der Waals surface area contributed by atoms with Gasteiger partial charge < -0.3 is 15.0 Å². The quantitative estimate of drug-likeness (QED) is 0.409. The molecule has 0 fully saturated rings. The first kappa shape index (κ1) is 20.7. The van der Waals surface area contributed by atoms with Gasteiger partial charge in [-0.15, -0.1) is 0 Å². The third-order valence-corrected chi connectivity index (χ3v) is 4.92. The highest BCUT2D eigenvalue weighted by Gasteiger charge is 2.13. The van der Waals surface area contributed by atoms with E-state index in [9.17, 15) is 14.4 Å². The van der Waals surface area contributed by atoms with Crippen molar-refractivity contribution in [3.8, 4) is 0 Å². The summed E-state index contributed by atoms with van der Waals surface area (Å²) in [4.78, 5) is 42.1. The molecule has 2 N–H and O–H groups in total. The van der Waals surface area contributed by atoms with E-state index in [1.54, 1.807) is 0 Å². The molecule has 0 aliphatic carbocycles. The van der Waals surface area contributed by atoms with Crippen molar-refractivity contribution in [1.29, 1.82) is 0 Å². The number of carbonyl (C=O) groups excluding carboxylic acids is 2. The Morgan fingerprint density at radius 3 is 2.78 bits per heavy atom. The summed E-state index contributed by atoms with van der Waals surface area (Å²) in [5.74, 6) is -0.262. The number of H-pyrrole nitrogens is 1. The van der Waals surface area contributed by atoms with E-state index < -0.39 is 5.97 Å². The highest BCUT2D eigenvalue weighted by atomic mass is 32.2. The number of rotatable bonds is 8. The summed E-state index contributed by atoms with van der Waals surface area (Å²) in [6.45, 7) is 4.21. The van der Waals surface area contributed by atoms with Crippen LogP contribution in [0.2, 0.25) is 0 Å². The number of hydrogen-bond acceptors (Lipinski definition) is 6. The smallest absolute Gasteiger partial charge is 0.311 e. The third kappa shape index (κ3) is 6.25. The van der Waals surface area contributed by atoms with E-state index in [2.05, 4.69) is 33.9 Å². The molecule has 0 radical (unpaired) electrons. The van der Waals surface area contributed by atoms with Gasteiger partial charge in [0.2, 0.25) is 5.91 Å². The molecule has 0 saturated heterocycles. The summed E-state index contributed by atoms with van der Waals surface area (Å²) in [5, 5.41) is 3.20. The zero-order valence-electron chi connectivity index (χ0n) is 15.6. The van der Waals surface area contributed by atoms with Gasteiger partial charge in [-0.1, -0.05) is 43.8 Å². The first-order chi connectivity index (χ1) is 12.9.